The van der Waals surface area contributed by atoms with Crippen LogP contribution in [0.4, 0.5) is 10.2 Å². The predicted octanol–water partition coefficient (Wildman–Crippen LogP) is 2.70. The number of aliphatic hydroxyl groups excluding tert-OH is 1. The lowest BCUT2D eigenvalue weighted by atomic mass is 10.1. The van der Waals surface area contributed by atoms with Gasteiger partial charge in [0.2, 0.25) is 0 Å². The second-order valence-electron chi connectivity index (χ2n) is 7.49. The fourth-order valence-corrected chi connectivity index (χ4v) is 4.08. The molecule has 0 aliphatic rings. The van der Waals surface area contributed by atoms with Crippen LogP contribution in [0.3, 0.4) is 0 Å². The van der Waals surface area contributed by atoms with Crippen molar-refractivity contribution in [1.82, 2.24) is 24.3 Å². The highest BCUT2D eigenvalue weighted by Crippen LogP contribution is 2.24. The van der Waals surface area contributed by atoms with Crippen LogP contribution in [0.25, 0.3) is 27.5 Å². The van der Waals surface area contributed by atoms with Crippen molar-refractivity contribution < 1.29 is 9.50 Å². The predicted molar refractivity (Wildman–Crippen MR) is 119 cm³/mol. The van der Waals surface area contributed by atoms with Crippen LogP contribution in [0, 0.1) is 12.7 Å². The number of hydrogen-bond donors (Lipinski definition) is 2. The number of aromatic nitrogens is 5. The van der Waals surface area contributed by atoms with Gasteiger partial charge in [-0.05, 0) is 36.1 Å². The number of nitrogens with two attached hydrogens (primary N) is 1. The fraction of sp³-hybridized carbons (Fsp3) is 0.130. The number of anilines is 1. The molecule has 160 valence electrons. The fourth-order valence-electron chi connectivity index (χ4n) is 4.08. The first-order valence-electron chi connectivity index (χ1n) is 9.95. The first-order chi connectivity index (χ1) is 15.5. The van der Waals surface area contributed by atoms with E-state index in [2.05, 4.69) is 15.1 Å². The summed E-state index contributed by atoms with van der Waals surface area (Å²) >= 11 is 0. The van der Waals surface area contributed by atoms with Gasteiger partial charge in [-0.15, -0.1) is 0 Å². The van der Waals surface area contributed by atoms with E-state index >= 15 is 0 Å². The minimum absolute atomic E-state index is 0.0976. The Morgan fingerprint density at radius 1 is 1.09 bits per heavy atom. The van der Waals surface area contributed by atoms with Crippen molar-refractivity contribution in [3.63, 3.8) is 0 Å². The number of nitrogen functional groups attached to an aromatic ring is 1. The van der Waals surface area contributed by atoms with Crippen LogP contribution in [0.5, 0.6) is 0 Å². The summed E-state index contributed by atoms with van der Waals surface area (Å²) in [6, 6.07) is 13.5. The normalized spacial score (nSPS) is 11.5. The van der Waals surface area contributed by atoms with Crippen LogP contribution in [0.1, 0.15) is 17.0 Å². The van der Waals surface area contributed by atoms with Gasteiger partial charge in [-0.25, -0.2) is 19.0 Å². The summed E-state index contributed by atoms with van der Waals surface area (Å²) in [7, 11) is 0. The molecule has 0 amide bonds. The lowest BCUT2D eigenvalue weighted by Crippen LogP contribution is -2.25. The zero-order chi connectivity index (χ0) is 22.4. The Hall–Kier alpha value is -4.11. The van der Waals surface area contributed by atoms with Crippen molar-refractivity contribution in [2.24, 2.45) is 0 Å². The molecule has 0 fully saturated rings. The standard InChI is InChI=1S/C23H19FN6O2/c1-13-5-4-6-14-9-15(30(23(32)19(13)14)18-8-3-2-7-16(18)24)10-29-22-20(17(11-31)28-29)21(25)26-12-27-22/h2-9,12,31H,10-11H2,1H3,(H2,25,26,27). The molecule has 0 radical (unpaired) electrons. The molecule has 8 nitrogen and oxygen atoms in total. The maximum absolute atomic E-state index is 14.8. The summed E-state index contributed by atoms with van der Waals surface area (Å²) in [5.74, 6) is -0.317. The van der Waals surface area contributed by atoms with Gasteiger partial charge in [0.05, 0.1) is 29.6 Å². The Morgan fingerprint density at radius 2 is 1.91 bits per heavy atom. The summed E-state index contributed by atoms with van der Waals surface area (Å²) < 4.78 is 17.7. The lowest BCUT2D eigenvalue weighted by molar-refractivity contribution is 0.276. The molecule has 0 unspecified atom stereocenters. The van der Waals surface area contributed by atoms with Crippen LogP contribution in [0.2, 0.25) is 0 Å². The van der Waals surface area contributed by atoms with E-state index < -0.39 is 5.82 Å². The van der Waals surface area contributed by atoms with Crippen LogP contribution in [-0.2, 0) is 13.2 Å². The number of aryl methyl sites for hydroxylation is 1. The van der Waals surface area contributed by atoms with Gasteiger partial charge < -0.3 is 10.8 Å². The topological polar surface area (TPSA) is 112 Å². The molecule has 0 spiro atoms. The van der Waals surface area contributed by atoms with E-state index in [0.717, 1.165) is 10.9 Å². The maximum Gasteiger partial charge on any atom is 0.263 e. The number of rotatable bonds is 4. The van der Waals surface area contributed by atoms with Crippen molar-refractivity contribution in [3.05, 3.63) is 88.0 Å². The van der Waals surface area contributed by atoms with Gasteiger partial charge in [0.25, 0.3) is 5.56 Å². The van der Waals surface area contributed by atoms with Gasteiger partial charge in [0.15, 0.2) is 5.65 Å². The van der Waals surface area contributed by atoms with E-state index in [0.29, 0.717) is 27.8 Å². The molecule has 0 saturated carbocycles. The van der Waals surface area contributed by atoms with Gasteiger partial charge in [-0.1, -0.05) is 30.3 Å². The van der Waals surface area contributed by atoms with Gasteiger partial charge in [0.1, 0.15) is 23.7 Å². The molecule has 2 aromatic carbocycles. The third-order valence-corrected chi connectivity index (χ3v) is 5.52. The number of para-hydroxylation sites is 1. The minimum Gasteiger partial charge on any atom is -0.390 e. The van der Waals surface area contributed by atoms with E-state index in [4.69, 9.17) is 5.73 Å². The Balaban J connectivity index is 1.81. The second kappa shape index (κ2) is 7.54. The minimum atomic E-state index is -0.517. The summed E-state index contributed by atoms with van der Waals surface area (Å²) in [6.07, 6.45) is 1.31. The van der Waals surface area contributed by atoms with E-state index in [9.17, 15) is 14.3 Å². The molecule has 0 aliphatic heterocycles. The molecule has 32 heavy (non-hydrogen) atoms. The second-order valence-corrected chi connectivity index (χ2v) is 7.49. The number of benzene rings is 2. The average Bonchev–Trinajstić information content (AvgIpc) is 3.14. The number of nitrogens with zero attached hydrogens (tertiary/aromatic N) is 5. The molecule has 5 rings (SSSR count). The average molecular weight is 430 g/mol. The van der Waals surface area contributed by atoms with Gasteiger partial charge in [-0.3, -0.25) is 9.36 Å². The van der Waals surface area contributed by atoms with Crippen LogP contribution in [0.15, 0.2) is 59.7 Å². The van der Waals surface area contributed by atoms with E-state index in [1.807, 2.05) is 31.2 Å². The van der Waals surface area contributed by atoms with Crippen LogP contribution >= 0.6 is 0 Å². The molecule has 0 aliphatic carbocycles. The van der Waals surface area contributed by atoms with E-state index in [1.54, 1.807) is 18.2 Å². The van der Waals surface area contributed by atoms with Gasteiger partial charge >= 0.3 is 0 Å². The number of hydrogen-bond acceptors (Lipinski definition) is 6. The number of halogens is 1. The van der Waals surface area contributed by atoms with E-state index in [1.165, 1.54) is 21.6 Å². The molecule has 0 bridgehead atoms. The molecule has 5 aromatic rings. The molecule has 0 saturated heterocycles. The number of pyridine rings is 1. The van der Waals surface area contributed by atoms with Crippen LogP contribution in [-0.4, -0.2) is 29.4 Å². The Labute approximate surface area is 181 Å². The highest BCUT2D eigenvalue weighted by atomic mass is 19.1. The van der Waals surface area contributed by atoms with Crippen LogP contribution < -0.4 is 11.3 Å². The van der Waals surface area contributed by atoms with Gasteiger partial charge in [-0.2, -0.15) is 5.10 Å². The van der Waals surface area contributed by atoms with Crippen molar-refractivity contribution in [1.29, 1.82) is 0 Å². The van der Waals surface area contributed by atoms with E-state index in [-0.39, 0.29) is 30.2 Å². The van der Waals surface area contributed by atoms with Crippen molar-refractivity contribution in [2.75, 3.05) is 5.73 Å². The summed E-state index contributed by atoms with van der Waals surface area (Å²) in [5, 5.41) is 15.9. The van der Waals surface area contributed by atoms with Crippen molar-refractivity contribution in [3.8, 4) is 5.69 Å². The monoisotopic (exact) mass is 430 g/mol. The molecular weight excluding hydrogens is 411 g/mol. The Bertz CT molecular complexity index is 1560. The third kappa shape index (κ3) is 3.02. The first-order valence-corrected chi connectivity index (χ1v) is 9.95. The smallest absolute Gasteiger partial charge is 0.263 e. The SMILES string of the molecule is Cc1cccc2cc(Cn3nc(CO)c4c(N)ncnc43)n(-c3ccccc3F)c(=O)c12. The Kier molecular flexibility index (Phi) is 4.67. The molecule has 3 N–H and O–H groups in total. The highest BCUT2D eigenvalue weighted by molar-refractivity contribution is 5.88. The quantitative estimate of drug-likeness (QED) is 0.453. The van der Waals surface area contributed by atoms with Crippen molar-refractivity contribution in [2.45, 2.75) is 20.1 Å². The molecule has 0 atom stereocenters. The molecule has 3 heterocycles. The molecule has 9 heteroatoms. The summed E-state index contributed by atoms with van der Waals surface area (Å²) in [6.45, 7) is 1.60. The zero-order valence-corrected chi connectivity index (χ0v) is 17.2. The largest absolute Gasteiger partial charge is 0.390 e. The highest BCUT2D eigenvalue weighted by Gasteiger charge is 2.19. The van der Waals surface area contributed by atoms with Crippen molar-refractivity contribution >= 4 is 27.6 Å². The zero-order valence-electron chi connectivity index (χ0n) is 17.2. The van der Waals surface area contributed by atoms with Gasteiger partial charge in [0, 0.05) is 5.69 Å². The lowest BCUT2D eigenvalue weighted by Gasteiger charge is -2.16. The summed E-state index contributed by atoms with van der Waals surface area (Å²) in [5.41, 5.74) is 7.84. The summed E-state index contributed by atoms with van der Waals surface area (Å²) in [4.78, 5) is 21.8. The number of fused-ring (bicyclic) bond motifs is 2. The molecule has 3 aromatic heterocycles. The third-order valence-electron chi connectivity index (χ3n) is 5.52. The first kappa shape index (κ1) is 19.8. The number of aliphatic hydroxyl groups is 1. The maximum atomic E-state index is 14.8. The molecular formula is C23H19FN6O2. The Morgan fingerprint density at radius 3 is 2.69 bits per heavy atom.